The summed E-state index contributed by atoms with van der Waals surface area (Å²) in [6, 6.07) is 0.143. The van der Waals surface area contributed by atoms with E-state index in [1.54, 1.807) is 7.05 Å². The first-order valence-corrected chi connectivity index (χ1v) is 6.95. The van der Waals surface area contributed by atoms with Crippen LogP contribution in [0.3, 0.4) is 0 Å². The van der Waals surface area contributed by atoms with Gasteiger partial charge in [-0.25, -0.2) is 13.1 Å². The van der Waals surface area contributed by atoms with E-state index in [4.69, 9.17) is 4.74 Å². The van der Waals surface area contributed by atoms with E-state index in [0.717, 1.165) is 12.8 Å². The molecule has 1 fully saturated rings. The van der Waals surface area contributed by atoms with Gasteiger partial charge < -0.3 is 10.1 Å². The number of rotatable bonds is 6. The average molecular weight is 273 g/mol. The van der Waals surface area contributed by atoms with Gasteiger partial charge in [0.2, 0.25) is 10.0 Å². The molecule has 0 aromatic rings. The maximum atomic E-state index is 11.6. The third-order valence-corrected chi connectivity index (χ3v) is 3.95. The third-order valence-electron chi connectivity index (χ3n) is 2.53. The summed E-state index contributed by atoms with van der Waals surface area (Å²) >= 11 is 0. The molecule has 0 radical (unpaired) electrons. The lowest BCUT2D eigenvalue weighted by molar-refractivity contribution is 0.127. The van der Waals surface area contributed by atoms with Gasteiger partial charge in [-0.2, -0.15) is 0 Å². The lowest BCUT2D eigenvalue weighted by atomic mass is 10.3. The second-order valence-corrected chi connectivity index (χ2v) is 5.81. The van der Waals surface area contributed by atoms with Gasteiger partial charge in [-0.3, -0.25) is 0 Å². The van der Waals surface area contributed by atoms with E-state index < -0.39 is 10.0 Å². The van der Waals surface area contributed by atoms with Crippen LogP contribution in [0.15, 0.2) is 0 Å². The van der Waals surface area contributed by atoms with Crippen molar-refractivity contribution < 1.29 is 13.2 Å². The van der Waals surface area contributed by atoms with Crippen molar-refractivity contribution in [1.82, 2.24) is 10.0 Å². The minimum absolute atomic E-state index is 0. The second-order valence-electron chi connectivity index (χ2n) is 3.95. The SMILES string of the molecule is CNC(C)CNS(=O)(=O)CC1CCCO1.Cl. The molecule has 5 nitrogen and oxygen atoms in total. The van der Waals surface area contributed by atoms with Gasteiger partial charge in [-0.05, 0) is 26.8 Å². The summed E-state index contributed by atoms with van der Waals surface area (Å²) in [5, 5.41) is 2.97. The minimum Gasteiger partial charge on any atom is -0.377 e. The summed E-state index contributed by atoms with van der Waals surface area (Å²) in [4.78, 5) is 0. The Balaban J connectivity index is 0.00000225. The Morgan fingerprint density at radius 3 is 2.69 bits per heavy atom. The zero-order chi connectivity index (χ0) is 11.3. The van der Waals surface area contributed by atoms with Crippen LogP contribution in [0.2, 0.25) is 0 Å². The van der Waals surface area contributed by atoms with Crippen molar-refractivity contribution in [2.75, 3.05) is 26.0 Å². The standard InChI is InChI=1S/C9H20N2O3S.ClH/c1-8(10-2)6-11-15(12,13)7-9-4-3-5-14-9;/h8-11H,3-7H2,1-2H3;1H. The zero-order valence-electron chi connectivity index (χ0n) is 9.73. The van der Waals surface area contributed by atoms with Crippen LogP contribution >= 0.6 is 12.4 Å². The van der Waals surface area contributed by atoms with Gasteiger partial charge in [-0.1, -0.05) is 0 Å². The summed E-state index contributed by atoms with van der Waals surface area (Å²) in [5.41, 5.74) is 0. The largest absolute Gasteiger partial charge is 0.377 e. The highest BCUT2D eigenvalue weighted by Crippen LogP contribution is 2.13. The highest BCUT2D eigenvalue weighted by Gasteiger charge is 2.23. The number of hydrogen-bond acceptors (Lipinski definition) is 4. The fourth-order valence-corrected chi connectivity index (χ4v) is 2.81. The quantitative estimate of drug-likeness (QED) is 0.721. The first-order valence-electron chi connectivity index (χ1n) is 5.29. The van der Waals surface area contributed by atoms with Crippen molar-refractivity contribution in [2.24, 2.45) is 0 Å². The molecule has 98 valence electrons. The van der Waals surface area contributed by atoms with E-state index >= 15 is 0 Å². The normalized spacial score (nSPS) is 22.8. The molecule has 0 bridgehead atoms. The van der Waals surface area contributed by atoms with Crippen LogP contribution in [0.5, 0.6) is 0 Å². The van der Waals surface area contributed by atoms with Crippen LogP contribution in [-0.4, -0.2) is 46.5 Å². The Morgan fingerprint density at radius 2 is 2.19 bits per heavy atom. The first kappa shape index (κ1) is 16.1. The number of sulfonamides is 1. The van der Waals surface area contributed by atoms with Crippen LogP contribution in [0.4, 0.5) is 0 Å². The fourth-order valence-electron chi connectivity index (χ4n) is 1.43. The maximum absolute atomic E-state index is 11.6. The topological polar surface area (TPSA) is 67.4 Å². The van der Waals surface area contributed by atoms with Crippen LogP contribution in [-0.2, 0) is 14.8 Å². The number of nitrogens with one attached hydrogen (secondary N) is 2. The van der Waals surface area contributed by atoms with Crippen molar-refractivity contribution >= 4 is 22.4 Å². The Kier molecular flexibility index (Phi) is 7.50. The van der Waals surface area contributed by atoms with Crippen LogP contribution < -0.4 is 10.0 Å². The smallest absolute Gasteiger partial charge is 0.214 e. The molecule has 1 rings (SSSR count). The molecule has 1 aliphatic heterocycles. The molecular formula is C9H21ClN2O3S. The molecule has 0 amide bonds. The number of halogens is 1. The Labute approximate surface area is 104 Å². The van der Waals surface area contributed by atoms with E-state index in [1.807, 2.05) is 6.92 Å². The maximum Gasteiger partial charge on any atom is 0.214 e. The molecule has 7 heteroatoms. The first-order chi connectivity index (χ1) is 7.03. The Hall–Kier alpha value is 0.120. The molecule has 2 atom stereocenters. The number of ether oxygens (including phenoxy) is 1. The van der Waals surface area contributed by atoms with Crippen molar-refractivity contribution in [3.8, 4) is 0 Å². The molecular weight excluding hydrogens is 252 g/mol. The van der Waals surface area contributed by atoms with Gasteiger partial charge in [0, 0.05) is 19.2 Å². The molecule has 1 heterocycles. The van der Waals surface area contributed by atoms with Crippen LogP contribution in [0, 0.1) is 0 Å². The van der Waals surface area contributed by atoms with Gasteiger partial charge in [0.15, 0.2) is 0 Å². The number of likely N-dealkylation sites (N-methyl/N-ethyl adjacent to an activating group) is 1. The van der Waals surface area contributed by atoms with E-state index in [-0.39, 0.29) is 30.3 Å². The van der Waals surface area contributed by atoms with Crippen molar-refractivity contribution in [3.05, 3.63) is 0 Å². The zero-order valence-corrected chi connectivity index (χ0v) is 11.4. The fraction of sp³-hybridized carbons (Fsp3) is 1.00. The molecule has 0 aromatic heterocycles. The van der Waals surface area contributed by atoms with Gasteiger partial charge in [0.1, 0.15) is 0 Å². The van der Waals surface area contributed by atoms with Crippen molar-refractivity contribution in [2.45, 2.75) is 31.9 Å². The molecule has 2 unspecified atom stereocenters. The van der Waals surface area contributed by atoms with Crippen molar-refractivity contribution in [1.29, 1.82) is 0 Å². The summed E-state index contributed by atoms with van der Waals surface area (Å²) in [6.45, 7) is 3.03. The lowest BCUT2D eigenvalue weighted by Crippen LogP contribution is -2.40. The van der Waals surface area contributed by atoms with Gasteiger partial charge in [0.05, 0.1) is 11.9 Å². The molecule has 1 saturated heterocycles. The van der Waals surface area contributed by atoms with Gasteiger partial charge in [-0.15, -0.1) is 12.4 Å². The molecule has 0 aromatic carbocycles. The molecule has 2 N–H and O–H groups in total. The van der Waals surface area contributed by atoms with Gasteiger partial charge in [0.25, 0.3) is 0 Å². The number of hydrogen-bond donors (Lipinski definition) is 2. The summed E-state index contributed by atoms with van der Waals surface area (Å²) in [7, 11) is -1.38. The lowest BCUT2D eigenvalue weighted by Gasteiger charge is -2.14. The third kappa shape index (κ3) is 6.00. The Bertz CT molecular complexity index is 278. The van der Waals surface area contributed by atoms with E-state index in [9.17, 15) is 8.42 Å². The van der Waals surface area contributed by atoms with E-state index in [1.165, 1.54) is 0 Å². The Morgan fingerprint density at radius 1 is 1.50 bits per heavy atom. The van der Waals surface area contributed by atoms with E-state index in [2.05, 4.69) is 10.0 Å². The van der Waals surface area contributed by atoms with Crippen LogP contribution in [0.1, 0.15) is 19.8 Å². The monoisotopic (exact) mass is 272 g/mol. The summed E-state index contributed by atoms with van der Waals surface area (Å²) in [5.74, 6) is 0.0867. The second kappa shape index (κ2) is 7.45. The average Bonchev–Trinajstić information content (AvgIpc) is 2.66. The predicted molar refractivity (Wildman–Crippen MR) is 66.5 cm³/mol. The molecule has 16 heavy (non-hydrogen) atoms. The van der Waals surface area contributed by atoms with E-state index in [0.29, 0.717) is 13.2 Å². The minimum atomic E-state index is -3.19. The summed E-state index contributed by atoms with van der Waals surface area (Å²) in [6.07, 6.45) is 1.70. The van der Waals surface area contributed by atoms with Crippen LogP contribution in [0.25, 0.3) is 0 Å². The molecule has 0 aliphatic carbocycles. The van der Waals surface area contributed by atoms with Gasteiger partial charge >= 0.3 is 0 Å². The molecule has 1 aliphatic rings. The summed E-state index contributed by atoms with van der Waals surface area (Å²) < 4.78 is 31.0. The molecule has 0 saturated carbocycles. The highest BCUT2D eigenvalue weighted by molar-refractivity contribution is 7.89. The highest BCUT2D eigenvalue weighted by atomic mass is 35.5. The predicted octanol–water partition coefficient (Wildman–Crippen LogP) is 0.115. The molecule has 0 spiro atoms. The van der Waals surface area contributed by atoms with Crippen molar-refractivity contribution in [3.63, 3.8) is 0 Å².